The first-order valence-electron chi connectivity index (χ1n) is 10.3. The number of nitrogens with two attached hydrogens (primary N) is 1. The molecule has 2 fully saturated rings. The zero-order valence-corrected chi connectivity index (χ0v) is 16.5. The summed E-state index contributed by atoms with van der Waals surface area (Å²) in [6, 6.07) is 7.36. The zero-order valence-electron chi connectivity index (χ0n) is 16.5. The number of carbonyl (C=O) groups excluding carboxylic acids is 2. The number of hydrogen-bond donors (Lipinski definition) is 2. The van der Waals surface area contributed by atoms with E-state index >= 15 is 0 Å². The Balaban J connectivity index is 1.50. The van der Waals surface area contributed by atoms with Crippen LogP contribution in [0.25, 0.3) is 22.6 Å². The van der Waals surface area contributed by atoms with Crippen LogP contribution in [0.1, 0.15) is 36.0 Å². The highest BCUT2D eigenvalue weighted by molar-refractivity contribution is 5.93. The first kappa shape index (κ1) is 18.5. The van der Waals surface area contributed by atoms with Crippen molar-refractivity contribution in [2.24, 2.45) is 5.73 Å². The van der Waals surface area contributed by atoms with Crippen LogP contribution >= 0.6 is 0 Å². The number of rotatable bonds is 7. The molecule has 2 aliphatic rings. The van der Waals surface area contributed by atoms with Gasteiger partial charge in [-0.2, -0.15) is 0 Å². The van der Waals surface area contributed by atoms with Crippen LogP contribution in [0, 0.1) is 0 Å². The molecule has 0 radical (unpaired) electrons. The van der Waals surface area contributed by atoms with E-state index in [-0.39, 0.29) is 5.91 Å². The number of benzene rings is 1. The minimum Gasteiger partial charge on any atom is -0.366 e. The fourth-order valence-electron chi connectivity index (χ4n) is 3.71. The van der Waals surface area contributed by atoms with Gasteiger partial charge in [0.25, 0.3) is 0 Å². The molecular formula is C21H23N7O2. The highest BCUT2D eigenvalue weighted by Gasteiger charge is 2.25. The molecule has 0 atom stereocenters. The first-order chi connectivity index (χ1) is 14.6. The van der Waals surface area contributed by atoms with Crippen LogP contribution in [0.5, 0.6) is 0 Å². The second-order valence-corrected chi connectivity index (χ2v) is 7.85. The van der Waals surface area contributed by atoms with Crippen molar-refractivity contribution in [1.29, 1.82) is 0 Å². The van der Waals surface area contributed by atoms with Gasteiger partial charge in [-0.1, -0.05) is 12.1 Å². The van der Waals surface area contributed by atoms with E-state index in [1.807, 2.05) is 9.47 Å². The lowest BCUT2D eigenvalue weighted by atomic mass is 10.1. The molecular weight excluding hydrogens is 382 g/mol. The third-order valence-corrected chi connectivity index (χ3v) is 5.59. The van der Waals surface area contributed by atoms with Crippen molar-refractivity contribution in [2.75, 3.05) is 18.4 Å². The van der Waals surface area contributed by atoms with E-state index in [1.165, 1.54) is 0 Å². The third-order valence-electron chi connectivity index (χ3n) is 5.59. The van der Waals surface area contributed by atoms with Crippen LogP contribution in [0.2, 0.25) is 0 Å². The molecule has 1 saturated carbocycles. The zero-order chi connectivity index (χ0) is 20.7. The molecule has 5 rings (SSSR count). The van der Waals surface area contributed by atoms with Gasteiger partial charge < -0.3 is 20.5 Å². The second-order valence-electron chi connectivity index (χ2n) is 7.85. The van der Waals surface area contributed by atoms with E-state index in [0.29, 0.717) is 42.8 Å². The lowest BCUT2D eigenvalue weighted by molar-refractivity contribution is -0.127. The van der Waals surface area contributed by atoms with Crippen LogP contribution in [-0.4, -0.2) is 55.4 Å². The van der Waals surface area contributed by atoms with Gasteiger partial charge in [0.15, 0.2) is 17.3 Å². The Morgan fingerprint density at radius 2 is 1.97 bits per heavy atom. The molecule has 9 nitrogen and oxygen atoms in total. The van der Waals surface area contributed by atoms with E-state index in [9.17, 15) is 9.59 Å². The summed E-state index contributed by atoms with van der Waals surface area (Å²) < 4.78 is 1.97. The van der Waals surface area contributed by atoms with Crippen LogP contribution in [-0.2, 0) is 11.3 Å². The number of hydrogen-bond acceptors (Lipinski definition) is 6. The number of aromatic nitrogens is 4. The molecule has 30 heavy (non-hydrogen) atoms. The van der Waals surface area contributed by atoms with Gasteiger partial charge in [-0.3, -0.25) is 9.59 Å². The van der Waals surface area contributed by atoms with Gasteiger partial charge in [0.2, 0.25) is 11.8 Å². The molecule has 2 aromatic heterocycles. The van der Waals surface area contributed by atoms with Crippen molar-refractivity contribution in [1.82, 2.24) is 24.4 Å². The summed E-state index contributed by atoms with van der Waals surface area (Å²) in [6.45, 7) is 2.08. The fraction of sp³-hybridized carbons (Fsp3) is 0.381. The van der Waals surface area contributed by atoms with Crippen LogP contribution in [0.4, 0.5) is 5.82 Å². The van der Waals surface area contributed by atoms with Gasteiger partial charge in [0.1, 0.15) is 5.52 Å². The highest BCUT2D eigenvalue weighted by atomic mass is 16.2. The predicted molar refractivity (Wildman–Crippen MR) is 112 cm³/mol. The molecule has 1 aliphatic heterocycles. The summed E-state index contributed by atoms with van der Waals surface area (Å²) in [5, 5.41) is 3.45. The van der Waals surface area contributed by atoms with E-state index in [4.69, 9.17) is 15.7 Å². The lowest BCUT2D eigenvalue weighted by Crippen LogP contribution is -2.28. The van der Waals surface area contributed by atoms with E-state index in [0.717, 1.165) is 42.5 Å². The van der Waals surface area contributed by atoms with E-state index in [2.05, 4.69) is 10.3 Å². The average molecular weight is 405 g/mol. The number of carbonyl (C=O) groups is 2. The number of imidazole rings is 1. The quantitative estimate of drug-likeness (QED) is 0.618. The summed E-state index contributed by atoms with van der Waals surface area (Å²) in [6.07, 6.45) is 5.55. The Hall–Kier alpha value is -3.49. The van der Waals surface area contributed by atoms with Crippen molar-refractivity contribution in [3.8, 4) is 11.4 Å². The molecule has 2 amide bonds. The molecule has 1 aromatic carbocycles. The minimum absolute atomic E-state index is 0.209. The normalized spacial score (nSPS) is 16.4. The Labute approximate surface area is 173 Å². The average Bonchev–Trinajstić information content (AvgIpc) is 3.32. The van der Waals surface area contributed by atoms with Crippen molar-refractivity contribution < 1.29 is 9.59 Å². The van der Waals surface area contributed by atoms with Gasteiger partial charge in [0, 0.05) is 43.2 Å². The van der Waals surface area contributed by atoms with Crippen LogP contribution in [0.3, 0.4) is 0 Å². The monoisotopic (exact) mass is 405 g/mol. The van der Waals surface area contributed by atoms with Gasteiger partial charge in [-0.05, 0) is 31.4 Å². The molecule has 0 unspecified atom stereocenters. The van der Waals surface area contributed by atoms with E-state index in [1.54, 1.807) is 30.6 Å². The molecule has 1 aliphatic carbocycles. The fourth-order valence-corrected chi connectivity index (χ4v) is 3.71. The maximum Gasteiger partial charge on any atom is 0.248 e. The maximum absolute atomic E-state index is 11.9. The van der Waals surface area contributed by atoms with Crippen molar-refractivity contribution in [3.05, 3.63) is 36.2 Å². The topological polar surface area (TPSA) is 119 Å². The molecule has 1 saturated heterocycles. The smallest absolute Gasteiger partial charge is 0.248 e. The summed E-state index contributed by atoms with van der Waals surface area (Å²) in [7, 11) is 0. The van der Waals surface area contributed by atoms with Gasteiger partial charge >= 0.3 is 0 Å². The standard InChI is InChI=1S/C21H23N7O2/c22-18(30)13-3-5-14(6-4-13)19-25-20(24-15-7-8-15)17-21(26-19)28(12-23-17)11-10-27-9-1-2-16(27)29/h3-6,12,15H,1-2,7-11H2,(H2,22,30)(H,24,25,26). The van der Waals surface area contributed by atoms with Gasteiger partial charge in [-0.15, -0.1) is 0 Å². The van der Waals surface area contributed by atoms with E-state index < -0.39 is 5.91 Å². The summed E-state index contributed by atoms with van der Waals surface area (Å²) in [5.41, 5.74) is 8.04. The second kappa shape index (κ2) is 7.40. The van der Waals surface area contributed by atoms with Crippen molar-refractivity contribution in [3.63, 3.8) is 0 Å². The van der Waals surface area contributed by atoms with Crippen LogP contribution < -0.4 is 11.1 Å². The number of amides is 2. The van der Waals surface area contributed by atoms with Gasteiger partial charge in [0.05, 0.1) is 6.33 Å². The molecule has 3 N–H and O–H groups in total. The number of nitrogens with zero attached hydrogens (tertiary/aromatic N) is 5. The van der Waals surface area contributed by atoms with Crippen molar-refractivity contribution in [2.45, 2.75) is 38.3 Å². The first-order valence-corrected chi connectivity index (χ1v) is 10.3. The Kier molecular flexibility index (Phi) is 4.57. The summed E-state index contributed by atoms with van der Waals surface area (Å²) >= 11 is 0. The lowest BCUT2D eigenvalue weighted by Gasteiger charge is -2.16. The minimum atomic E-state index is -0.469. The molecule has 154 valence electrons. The largest absolute Gasteiger partial charge is 0.366 e. The molecule has 3 aromatic rings. The summed E-state index contributed by atoms with van der Waals surface area (Å²) in [5.74, 6) is 1.01. The number of anilines is 1. The van der Waals surface area contributed by atoms with Gasteiger partial charge in [-0.25, -0.2) is 15.0 Å². The van der Waals surface area contributed by atoms with Crippen LogP contribution in [0.15, 0.2) is 30.6 Å². The number of primary amides is 1. The Morgan fingerprint density at radius 1 is 1.17 bits per heavy atom. The predicted octanol–water partition coefficient (Wildman–Crippen LogP) is 1.79. The third kappa shape index (κ3) is 3.58. The molecule has 9 heteroatoms. The SMILES string of the molecule is NC(=O)c1ccc(-c2nc(NC3CC3)c3ncn(CCN4CCCC4=O)c3n2)cc1. The molecule has 0 bridgehead atoms. The summed E-state index contributed by atoms with van der Waals surface area (Å²) in [4.78, 5) is 39.2. The molecule has 3 heterocycles. The number of fused-ring (bicyclic) bond motifs is 1. The van der Waals surface area contributed by atoms with Crippen molar-refractivity contribution >= 4 is 28.8 Å². The molecule has 0 spiro atoms. The Morgan fingerprint density at radius 3 is 2.63 bits per heavy atom. The highest BCUT2D eigenvalue weighted by Crippen LogP contribution is 2.29. The Bertz CT molecular complexity index is 1120. The maximum atomic E-state index is 11.9. The number of likely N-dealkylation sites (tertiary alicyclic amines) is 1. The number of nitrogens with one attached hydrogen (secondary N) is 1.